The van der Waals surface area contributed by atoms with Crippen molar-refractivity contribution in [2.24, 2.45) is 0 Å². The van der Waals surface area contributed by atoms with Gasteiger partial charge >= 0.3 is 0 Å². The number of ether oxygens (including phenoxy) is 2. The summed E-state index contributed by atoms with van der Waals surface area (Å²) in [7, 11) is 0. The Hall–Kier alpha value is -2.47. The van der Waals surface area contributed by atoms with Crippen LogP contribution in [0.2, 0.25) is 0 Å². The van der Waals surface area contributed by atoms with Gasteiger partial charge < -0.3 is 24.6 Å². The van der Waals surface area contributed by atoms with Crippen molar-refractivity contribution in [2.75, 3.05) is 37.9 Å². The molecule has 0 spiro atoms. The van der Waals surface area contributed by atoms with E-state index in [1.807, 2.05) is 18.2 Å². The van der Waals surface area contributed by atoms with Crippen molar-refractivity contribution in [3.8, 4) is 11.5 Å². The molecule has 0 saturated carbocycles. The Morgan fingerprint density at radius 3 is 2.62 bits per heavy atom. The lowest BCUT2D eigenvalue weighted by molar-refractivity contribution is 0.174. The number of piperazine rings is 1. The molecule has 136 valence electrons. The molecule has 2 aliphatic rings. The number of fused-ring (bicyclic) bond motifs is 1. The molecule has 5 nitrogen and oxygen atoms in total. The summed E-state index contributed by atoms with van der Waals surface area (Å²) in [4.78, 5) is 4.68. The van der Waals surface area contributed by atoms with Gasteiger partial charge in [-0.3, -0.25) is 0 Å². The van der Waals surface area contributed by atoms with Gasteiger partial charge in [-0.15, -0.1) is 0 Å². The quantitative estimate of drug-likeness (QED) is 0.839. The van der Waals surface area contributed by atoms with Gasteiger partial charge in [0.1, 0.15) is 0 Å². The molecule has 0 bridgehead atoms. The fourth-order valence-electron chi connectivity index (χ4n) is 3.41. The third kappa shape index (κ3) is 3.55. The van der Waals surface area contributed by atoms with Gasteiger partial charge in [0.15, 0.2) is 16.6 Å². The smallest absolute Gasteiger partial charge is 0.231 e. The zero-order chi connectivity index (χ0) is 17.9. The van der Waals surface area contributed by atoms with Gasteiger partial charge in [0, 0.05) is 38.4 Å². The van der Waals surface area contributed by atoms with E-state index in [-0.39, 0.29) is 0 Å². The topological polar surface area (TPSA) is 37.0 Å². The molecule has 0 unspecified atom stereocenters. The van der Waals surface area contributed by atoms with Crippen molar-refractivity contribution >= 4 is 23.0 Å². The van der Waals surface area contributed by atoms with Crippen molar-refractivity contribution in [3.63, 3.8) is 0 Å². The Morgan fingerprint density at radius 2 is 1.81 bits per heavy atom. The van der Waals surface area contributed by atoms with Crippen LogP contribution in [0.4, 0.5) is 5.69 Å². The van der Waals surface area contributed by atoms with Crippen molar-refractivity contribution in [1.29, 1.82) is 0 Å². The molecule has 0 aromatic heterocycles. The van der Waals surface area contributed by atoms with E-state index in [0.29, 0.717) is 13.3 Å². The van der Waals surface area contributed by atoms with Crippen LogP contribution in [0.15, 0.2) is 42.5 Å². The number of para-hydroxylation sites is 1. The summed E-state index contributed by atoms with van der Waals surface area (Å²) in [6, 6.07) is 14.5. The van der Waals surface area contributed by atoms with Gasteiger partial charge in [0.05, 0.1) is 0 Å². The van der Waals surface area contributed by atoms with E-state index in [9.17, 15) is 0 Å². The predicted octanol–water partition coefficient (Wildman–Crippen LogP) is 2.92. The van der Waals surface area contributed by atoms with Gasteiger partial charge in [-0.25, -0.2) is 0 Å². The highest BCUT2D eigenvalue weighted by molar-refractivity contribution is 7.80. The summed E-state index contributed by atoms with van der Waals surface area (Å²) >= 11 is 5.59. The molecule has 1 fully saturated rings. The van der Waals surface area contributed by atoms with Crippen LogP contribution in [-0.4, -0.2) is 43.0 Å². The van der Waals surface area contributed by atoms with Gasteiger partial charge in [-0.1, -0.05) is 24.3 Å². The van der Waals surface area contributed by atoms with Crippen molar-refractivity contribution in [2.45, 2.75) is 13.5 Å². The molecule has 26 heavy (non-hydrogen) atoms. The zero-order valence-electron chi connectivity index (χ0n) is 14.9. The molecule has 2 aromatic carbocycles. The second-order valence-electron chi connectivity index (χ2n) is 6.61. The fourth-order valence-corrected chi connectivity index (χ4v) is 3.66. The van der Waals surface area contributed by atoms with Crippen LogP contribution in [0.25, 0.3) is 0 Å². The Morgan fingerprint density at radius 1 is 1.04 bits per heavy atom. The monoisotopic (exact) mass is 369 g/mol. The molecule has 2 aromatic rings. The van der Waals surface area contributed by atoms with Crippen LogP contribution in [0.3, 0.4) is 0 Å². The van der Waals surface area contributed by atoms with Gasteiger partial charge in [0.25, 0.3) is 0 Å². The summed E-state index contributed by atoms with van der Waals surface area (Å²) in [5.74, 6) is 1.62. The summed E-state index contributed by atoms with van der Waals surface area (Å²) in [6.45, 7) is 6.98. The minimum Gasteiger partial charge on any atom is -0.454 e. The number of nitrogens with zero attached hydrogens (tertiary/aromatic N) is 2. The lowest BCUT2D eigenvalue weighted by atomic mass is 10.1. The SMILES string of the molecule is Cc1ccccc1N1CCN(C(=S)NCc2ccc3c(c2)OCO3)CC1. The highest BCUT2D eigenvalue weighted by atomic mass is 32.1. The summed E-state index contributed by atoms with van der Waals surface area (Å²) in [5.41, 5.74) is 3.78. The van der Waals surface area contributed by atoms with Gasteiger partial charge in [-0.2, -0.15) is 0 Å². The van der Waals surface area contributed by atoms with Crippen LogP contribution in [-0.2, 0) is 6.54 Å². The van der Waals surface area contributed by atoms with E-state index >= 15 is 0 Å². The average molecular weight is 369 g/mol. The zero-order valence-corrected chi connectivity index (χ0v) is 15.7. The summed E-state index contributed by atoms with van der Waals surface area (Å²) in [6.07, 6.45) is 0. The summed E-state index contributed by atoms with van der Waals surface area (Å²) < 4.78 is 10.8. The first-order chi connectivity index (χ1) is 12.7. The van der Waals surface area contributed by atoms with E-state index in [4.69, 9.17) is 21.7 Å². The molecule has 6 heteroatoms. The average Bonchev–Trinajstić information content (AvgIpc) is 3.14. The number of rotatable bonds is 3. The second kappa shape index (κ2) is 7.41. The first kappa shape index (κ1) is 17.0. The van der Waals surface area contributed by atoms with E-state index in [1.165, 1.54) is 11.3 Å². The molecule has 0 aliphatic carbocycles. The number of hydrogen-bond acceptors (Lipinski definition) is 4. The Bertz CT molecular complexity index is 803. The third-order valence-corrected chi connectivity index (χ3v) is 5.31. The molecule has 1 saturated heterocycles. The van der Waals surface area contributed by atoms with Crippen molar-refractivity contribution in [3.05, 3.63) is 53.6 Å². The molecule has 0 atom stereocenters. The minimum absolute atomic E-state index is 0.301. The first-order valence-corrected chi connectivity index (χ1v) is 9.33. The highest BCUT2D eigenvalue weighted by Crippen LogP contribution is 2.32. The van der Waals surface area contributed by atoms with Crippen molar-refractivity contribution in [1.82, 2.24) is 10.2 Å². The summed E-state index contributed by atoms with van der Waals surface area (Å²) in [5, 5.41) is 4.18. The molecule has 4 rings (SSSR count). The maximum Gasteiger partial charge on any atom is 0.231 e. The van der Waals surface area contributed by atoms with Crippen LogP contribution < -0.4 is 19.7 Å². The molecular formula is C20H23N3O2S. The predicted molar refractivity (Wildman–Crippen MR) is 107 cm³/mol. The number of anilines is 1. The van der Waals surface area contributed by atoms with E-state index in [2.05, 4.69) is 46.3 Å². The van der Waals surface area contributed by atoms with E-state index in [1.54, 1.807) is 0 Å². The van der Waals surface area contributed by atoms with Gasteiger partial charge in [0.2, 0.25) is 6.79 Å². The normalized spacial score (nSPS) is 15.9. The maximum atomic E-state index is 5.59. The molecule has 1 N–H and O–H groups in total. The lowest BCUT2D eigenvalue weighted by Gasteiger charge is -2.38. The van der Waals surface area contributed by atoms with Gasteiger partial charge in [-0.05, 0) is 48.5 Å². The fraction of sp³-hybridized carbons (Fsp3) is 0.350. The van der Waals surface area contributed by atoms with Crippen LogP contribution >= 0.6 is 12.2 Å². The van der Waals surface area contributed by atoms with Crippen LogP contribution in [0.5, 0.6) is 11.5 Å². The Balaban J connectivity index is 1.29. The number of aryl methyl sites for hydroxylation is 1. The van der Waals surface area contributed by atoms with E-state index < -0.39 is 0 Å². The highest BCUT2D eigenvalue weighted by Gasteiger charge is 2.20. The molecule has 2 heterocycles. The molecule has 0 amide bonds. The third-order valence-electron chi connectivity index (χ3n) is 4.90. The number of thiocarbonyl (C=S) groups is 1. The largest absolute Gasteiger partial charge is 0.454 e. The number of benzene rings is 2. The van der Waals surface area contributed by atoms with E-state index in [0.717, 1.165) is 48.4 Å². The van der Waals surface area contributed by atoms with Crippen molar-refractivity contribution < 1.29 is 9.47 Å². The number of hydrogen-bond donors (Lipinski definition) is 1. The first-order valence-electron chi connectivity index (χ1n) is 8.92. The molecular weight excluding hydrogens is 346 g/mol. The molecule has 2 aliphatic heterocycles. The maximum absolute atomic E-state index is 5.59. The Labute approximate surface area is 159 Å². The Kier molecular flexibility index (Phi) is 4.84. The van der Waals surface area contributed by atoms with Crippen LogP contribution in [0.1, 0.15) is 11.1 Å². The van der Waals surface area contributed by atoms with Crippen LogP contribution in [0, 0.1) is 6.92 Å². The minimum atomic E-state index is 0.301. The number of nitrogens with one attached hydrogen (secondary N) is 1. The second-order valence-corrected chi connectivity index (χ2v) is 6.99. The lowest BCUT2D eigenvalue weighted by Crippen LogP contribution is -2.51. The molecule has 0 radical (unpaired) electrons. The standard InChI is InChI=1S/C20H23N3O2S/c1-15-4-2-3-5-17(15)22-8-10-23(11-9-22)20(26)21-13-16-6-7-18-19(12-16)25-14-24-18/h2-7,12H,8-11,13-14H2,1H3,(H,21,26).